The van der Waals surface area contributed by atoms with E-state index in [9.17, 15) is 0 Å². The maximum atomic E-state index is 5.25. The fourth-order valence-electron chi connectivity index (χ4n) is 3.01. The van der Waals surface area contributed by atoms with Gasteiger partial charge in [0.05, 0.1) is 0 Å². The minimum atomic E-state index is -1.40. The Bertz CT molecular complexity index is 695. The molecule has 1 nitrogen and oxygen atoms in total. The zero-order chi connectivity index (χ0) is 20.6. The van der Waals surface area contributed by atoms with Crippen LogP contribution >= 0.6 is 0 Å². The zero-order valence-electron chi connectivity index (χ0n) is 19.1. The summed E-state index contributed by atoms with van der Waals surface area (Å²) in [6.07, 6.45) is 2.00. The van der Waals surface area contributed by atoms with Crippen LogP contribution in [0.5, 0.6) is 0 Å². The Morgan fingerprint density at radius 3 is 2.08 bits per heavy atom. The average Bonchev–Trinajstić information content (AvgIpc) is 2.47. The minimum absolute atomic E-state index is 0.145. The Labute approximate surface area is 193 Å². The summed E-state index contributed by atoms with van der Waals surface area (Å²) in [6, 6.07) is 6.68. The van der Waals surface area contributed by atoms with Gasteiger partial charge in [-0.05, 0) is 0 Å². The van der Waals surface area contributed by atoms with E-state index in [2.05, 4.69) is 92.9 Å². The Kier molecular flexibility index (Phi) is 8.26. The van der Waals surface area contributed by atoms with Crippen molar-refractivity contribution in [1.29, 1.82) is 0 Å². The van der Waals surface area contributed by atoms with Crippen LogP contribution in [0.15, 0.2) is 35.8 Å². The second-order valence-electron chi connectivity index (χ2n) is 10.0. The fraction of sp³-hybridized carbons (Fsp3) is 0.609. The van der Waals surface area contributed by atoms with Gasteiger partial charge in [-0.15, -0.1) is 0 Å². The maximum absolute atomic E-state index is 5.25. The Hall–Kier alpha value is 0.786. The second-order valence-corrected chi connectivity index (χ2v) is 34.3. The number of hydrogen-bond acceptors (Lipinski definition) is 1. The molecule has 0 amide bonds. The molecule has 0 spiro atoms. The van der Waals surface area contributed by atoms with Crippen LogP contribution < -0.4 is 0 Å². The molecule has 0 saturated carbocycles. The van der Waals surface area contributed by atoms with Gasteiger partial charge in [0.15, 0.2) is 0 Å². The van der Waals surface area contributed by atoms with Gasteiger partial charge >= 0.3 is 196 Å². The molecule has 0 bridgehead atoms. The summed E-state index contributed by atoms with van der Waals surface area (Å²) in [6.45, 7) is 25.0. The molecule has 2 atom stereocenters. The molecular formula is C23H38KNSe. The molecule has 0 heterocycles. The average molecular weight is 447 g/mol. The van der Waals surface area contributed by atoms with Gasteiger partial charge in [-0.25, -0.2) is 0 Å². The summed E-state index contributed by atoms with van der Waals surface area (Å²) in [5.74, 6) is 2.61. The van der Waals surface area contributed by atoms with Crippen LogP contribution in [0.3, 0.4) is 0 Å². The van der Waals surface area contributed by atoms with Gasteiger partial charge in [0.1, 0.15) is 0 Å². The number of rotatable bonds is 6. The molecular weight excluding hydrogens is 408 g/mol. The topological polar surface area (TPSA) is 12.4 Å². The summed E-state index contributed by atoms with van der Waals surface area (Å²) in [5, 5.41) is 1.34. The van der Waals surface area contributed by atoms with E-state index in [1.165, 1.54) is 27.7 Å². The van der Waals surface area contributed by atoms with Crippen LogP contribution in [0.4, 0.5) is 0 Å². The van der Waals surface area contributed by atoms with E-state index in [1.807, 2.05) is 6.08 Å². The van der Waals surface area contributed by atoms with Gasteiger partial charge in [0.25, 0.3) is 0 Å². The molecule has 0 N–H and O–H groups in total. The predicted molar refractivity (Wildman–Crippen MR) is 122 cm³/mol. The Morgan fingerprint density at radius 1 is 1.12 bits per heavy atom. The Balaban J connectivity index is 3.29. The first-order chi connectivity index (χ1) is 11.6. The summed E-state index contributed by atoms with van der Waals surface area (Å²) in [4.78, 5) is 5.25. The van der Waals surface area contributed by atoms with Crippen LogP contribution in [0.2, 0.25) is 15.5 Å². The first-order valence-electron chi connectivity index (χ1n) is 9.55. The molecule has 0 aliphatic heterocycles. The van der Waals surface area contributed by atoms with Crippen molar-refractivity contribution in [3.63, 3.8) is 0 Å². The van der Waals surface area contributed by atoms with E-state index >= 15 is 0 Å². The predicted octanol–water partition coefficient (Wildman–Crippen LogP) is 6.74. The molecule has 0 aliphatic rings. The van der Waals surface area contributed by atoms with Crippen LogP contribution in [0, 0.1) is 19.3 Å². The molecule has 2 unspecified atom stereocenters. The molecule has 1 aromatic carbocycles. The summed E-state index contributed by atoms with van der Waals surface area (Å²) >= 11 is 0.912. The van der Waals surface area contributed by atoms with E-state index in [4.69, 9.17) is 4.99 Å². The first-order valence-corrected chi connectivity index (χ1v) is 21.7. The number of aliphatic imine (C=N–C) groups is 1. The molecule has 0 fully saturated rings. The fourth-order valence-corrected chi connectivity index (χ4v) is 14.0. The number of hydrogen-bond donors (Lipinski definition) is 0. The molecule has 26 heavy (non-hydrogen) atoms. The molecule has 0 saturated heterocycles. The van der Waals surface area contributed by atoms with Crippen molar-refractivity contribution in [1.82, 2.24) is 0 Å². The van der Waals surface area contributed by atoms with Crippen molar-refractivity contribution in [2.45, 2.75) is 83.3 Å². The van der Waals surface area contributed by atoms with E-state index < -0.39 is 3.49 Å². The zero-order valence-corrected chi connectivity index (χ0v) is 23.9. The summed E-state index contributed by atoms with van der Waals surface area (Å²) in [7, 11) is 0. The van der Waals surface area contributed by atoms with E-state index in [0.29, 0.717) is 4.31 Å². The van der Waals surface area contributed by atoms with Crippen molar-refractivity contribution in [3.8, 4) is 0 Å². The normalized spacial score (nSPS) is 19.5. The molecule has 3 heteroatoms. The third kappa shape index (κ3) is 5.89. The number of aryl methyl sites for hydroxylation is 2. The molecule has 1 rings (SSSR count). The van der Waals surface area contributed by atoms with Crippen LogP contribution in [-0.4, -0.2) is 54.6 Å². The molecule has 142 valence electrons. The number of nitrogens with zero attached hydrogens (tertiary/aromatic N) is 1. The third-order valence-corrected chi connectivity index (χ3v) is 28.5. The van der Waals surface area contributed by atoms with Gasteiger partial charge in [0, 0.05) is 0 Å². The van der Waals surface area contributed by atoms with Crippen molar-refractivity contribution in [2.24, 2.45) is 10.4 Å². The van der Waals surface area contributed by atoms with Gasteiger partial charge < -0.3 is 0 Å². The van der Waals surface area contributed by atoms with Gasteiger partial charge in [0.2, 0.25) is 0 Å². The molecule has 0 radical (unpaired) electrons. The number of benzene rings is 1. The quantitative estimate of drug-likeness (QED) is 0.261. The molecule has 0 aromatic heterocycles. The standard InChI is InChI=1S/C23H38NSe.K/c1-12-23(10,20-14-13-17(2)18(3)15-20)24-19(4)22(8,9)16-25(11)21(5,6)7;/h12-15H,1,16H2,2-11H3;/q+1;-1. The van der Waals surface area contributed by atoms with Crippen LogP contribution in [0.25, 0.3) is 0 Å². The van der Waals surface area contributed by atoms with Gasteiger partial charge in [-0.3, -0.25) is 0 Å². The monoisotopic (exact) mass is 447 g/mol. The second kappa shape index (κ2) is 8.65. The van der Waals surface area contributed by atoms with Crippen molar-refractivity contribution in [2.75, 3.05) is 0 Å². The van der Waals surface area contributed by atoms with Gasteiger partial charge in [-0.1, -0.05) is 0 Å². The summed E-state index contributed by atoms with van der Waals surface area (Å²) in [5.41, 5.74) is 4.92. The van der Waals surface area contributed by atoms with Crippen molar-refractivity contribution >= 4 is 54.6 Å². The third-order valence-electron chi connectivity index (χ3n) is 6.25. The summed E-state index contributed by atoms with van der Waals surface area (Å²) < 4.78 is -0.915. The van der Waals surface area contributed by atoms with Crippen molar-refractivity contribution in [3.05, 3.63) is 47.5 Å². The van der Waals surface area contributed by atoms with Crippen LogP contribution in [0.1, 0.15) is 65.2 Å². The molecule has 0 aliphatic carbocycles. The van der Waals surface area contributed by atoms with E-state index in [-0.39, 0.29) is 11.0 Å². The van der Waals surface area contributed by atoms with E-state index in [0.717, 1.165) is 45.4 Å². The van der Waals surface area contributed by atoms with E-state index in [1.54, 1.807) is 0 Å². The van der Waals surface area contributed by atoms with Crippen molar-refractivity contribution < 1.29 is 0 Å². The Morgan fingerprint density at radius 2 is 1.65 bits per heavy atom. The first kappa shape index (κ1) is 24.8. The SMILES string of the molecule is C=CC(C)(N=C(C)C(C)(C)C[Se](C)([K])C(C)(C)C)c1ccc(C)c(C)c1. The molecule has 1 aromatic rings. The van der Waals surface area contributed by atoms with Gasteiger partial charge in [-0.2, -0.15) is 0 Å². The van der Waals surface area contributed by atoms with Crippen LogP contribution in [-0.2, 0) is 5.54 Å².